The van der Waals surface area contributed by atoms with E-state index in [2.05, 4.69) is 0 Å². The average molecular weight is 209 g/mol. The van der Waals surface area contributed by atoms with Crippen LogP contribution in [0.4, 0.5) is 0 Å². The van der Waals surface area contributed by atoms with Crippen molar-refractivity contribution in [1.29, 1.82) is 0 Å². The summed E-state index contributed by atoms with van der Waals surface area (Å²) < 4.78 is 5.33. The Labute approximate surface area is 88.7 Å². The van der Waals surface area contributed by atoms with Gasteiger partial charge in [-0.15, -0.1) is 0 Å². The van der Waals surface area contributed by atoms with Gasteiger partial charge in [-0.2, -0.15) is 0 Å². The van der Waals surface area contributed by atoms with Crippen LogP contribution in [0.2, 0.25) is 0 Å². The topological polar surface area (TPSA) is 72.5 Å². The Morgan fingerprint density at radius 1 is 1.60 bits per heavy atom. The first-order valence-electron chi connectivity index (χ1n) is 4.74. The molecule has 0 fully saturated rings. The lowest BCUT2D eigenvalue weighted by atomic mass is 10.0. The summed E-state index contributed by atoms with van der Waals surface area (Å²) in [6.07, 6.45) is 0. The minimum atomic E-state index is -0.968. The summed E-state index contributed by atoms with van der Waals surface area (Å²) in [5, 5.41) is 8.82. The maximum atomic E-state index is 10.8. The van der Waals surface area contributed by atoms with Gasteiger partial charge < -0.3 is 9.84 Å². The maximum Gasteiger partial charge on any atom is 0.335 e. The highest BCUT2D eigenvalue weighted by molar-refractivity contribution is 5.87. The van der Waals surface area contributed by atoms with Gasteiger partial charge >= 0.3 is 5.97 Å². The van der Waals surface area contributed by atoms with Crippen molar-refractivity contribution in [3.05, 3.63) is 35.4 Å². The molecule has 82 valence electrons. The molecule has 0 aliphatic heterocycles. The lowest BCUT2D eigenvalue weighted by Crippen LogP contribution is -2.36. The highest BCUT2D eigenvalue weighted by Crippen LogP contribution is 2.20. The third-order valence-electron chi connectivity index (χ3n) is 2.13. The van der Waals surface area contributed by atoms with E-state index < -0.39 is 11.7 Å². The van der Waals surface area contributed by atoms with Crippen LogP contribution >= 0.6 is 0 Å². The number of hydrogen-bond acceptors (Lipinski definition) is 3. The normalized spacial score (nSPS) is 14.6. The van der Waals surface area contributed by atoms with Crippen molar-refractivity contribution in [2.24, 2.45) is 5.73 Å². The average Bonchev–Trinajstić information content (AvgIpc) is 2.18. The molecule has 0 spiro atoms. The zero-order valence-electron chi connectivity index (χ0n) is 8.86. The van der Waals surface area contributed by atoms with E-state index in [-0.39, 0.29) is 5.56 Å². The van der Waals surface area contributed by atoms with Gasteiger partial charge in [0.05, 0.1) is 5.56 Å². The van der Waals surface area contributed by atoms with Gasteiger partial charge in [0.25, 0.3) is 0 Å². The molecule has 1 aromatic rings. The Balaban J connectivity index is 3.04. The fourth-order valence-corrected chi connectivity index (χ4v) is 1.34. The van der Waals surface area contributed by atoms with Gasteiger partial charge in [0, 0.05) is 6.61 Å². The molecule has 1 atom stereocenters. The highest BCUT2D eigenvalue weighted by atomic mass is 16.5. The quantitative estimate of drug-likeness (QED) is 0.738. The molecular formula is C11H15NO3. The number of benzene rings is 1. The third-order valence-corrected chi connectivity index (χ3v) is 2.13. The maximum absolute atomic E-state index is 10.8. The summed E-state index contributed by atoms with van der Waals surface area (Å²) in [5.74, 6) is -0.968. The molecule has 0 amide bonds. The molecule has 0 aliphatic carbocycles. The van der Waals surface area contributed by atoms with E-state index in [9.17, 15) is 4.79 Å². The standard InChI is InChI=1S/C11H15NO3/c1-3-15-11(2,12)9-6-4-5-8(7-9)10(13)14/h4-7H,3,12H2,1-2H3,(H,13,14). The van der Waals surface area contributed by atoms with Gasteiger partial charge in [-0.3, -0.25) is 5.73 Å². The van der Waals surface area contributed by atoms with Gasteiger partial charge in [0.1, 0.15) is 5.72 Å². The second-order valence-electron chi connectivity index (χ2n) is 3.43. The predicted molar refractivity (Wildman–Crippen MR) is 56.6 cm³/mol. The van der Waals surface area contributed by atoms with Crippen LogP contribution < -0.4 is 5.73 Å². The Morgan fingerprint density at radius 3 is 2.80 bits per heavy atom. The first kappa shape index (κ1) is 11.7. The van der Waals surface area contributed by atoms with Crippen molar-refractivity contribution in [3.63, 3.8) is 0 Å². The van der Waals surface area contributed by atoms with E-state index in [1.54, 1.807) is 19.1 Å². The number of carboxylic acids is 1. The van der Waals surface area contributed by atoms with Gasteiger partial charge in [0.15, 0.2) is 0 Å². The summed E-state index contributed by atoms with van der Waals surface area (Å²) in [5.41, 5.74) is 5.83. The smallest absolute Gasteiger partial charge is 0.335 e. The van der Waals surface area contributed by atoms with Crippen LogP contribution in [-0.2, 0) is 10.5 Å². The van der Waals surface area contributed by atoms with Crippen LogP contribution in [0.15, 0.2) is 24.3 Å². The molecule has 1 aromatic carbocycles. The van der Waals surface area contributed by atoms with Crippen LogP contribution in [0, 0.1) is 0 Å². The predicted octanol–water partition coefficient (Wildman–Crippen LogP) is 1.55. The van der Waals surface area contributed by atoms with Crippen LogP contribution in [-0.4, -0.2) is 17.7 Å². The third kappa shape index (κ3) is 2.78. The highest BCUT2D eigenvalue weighted by Gasteiger charge is 2.21. The number of aromatic carboxylic acids is 1. The van der Waals surface area contributed by atoms with Gasteiger partial charge in [-0.05, 0) is 31.5 Å². The van der Waals surface area contributed by atoms with E-state index in [0.29, 0.717) is 12.2 Å². The number of carboxylic acid groups (broad SMARTS) is 1. The van der Waals surface area contributed by atoms with Crippen molar-refractivity contribution in [2.75, 3.05) is 6.61 Å². The molecule has 3 N–H and O–H groups in total. The van der Waals surface area contributed by atoms with E-state index in [1.165, 1.54) is 12.1 Å². The minimum absolute atomic E-state index is 0.212. The SMILES string of the molecule is CCOC(C)(N)c1cccc(C(=O)O)c1. The zero-order valence-corrected chi connectivity index (χ0v) is 8.86. The minimum Gasteiger partial charge on any atom is -0.478 e. The lowest BCUT2D eigenvalue weighted by molar-refractivity contribution is -0.0244. The van der Waals surface area contributed by atoms with Gasteiger partial charge in [0.2, 0.25) is 0 Å². The lowest BCUT2D eigenvalue weighted by Gasteiger charge is -2.25. The number of ether oxygens (including phenoxy) is 1. The van der Waals surface area contributed by atoms with Crippen molar-refractivity contribution in [1.82, 2.24) is 0 Å². The molecular weight excluding hydrogens is 194 g/mol. The van der Waals surface area contributed by atoms with Crippen molar-refractivity contribution in [2.45, 2.75) is 19.6 Å². The van der Waals surface area contributed by atoms with E-state index in [0.717, 1.165) is 0 Å². The first-order valence-corrected chi connectivity index (χ1v) is 4.74. The molecule has 0 heterocycles. The summed E-state index contributed by atoms with van der Waals surface area (Å²) in [4.78, 5) is 10.8. The monoisotopic (exact) mass is 209 g/mol. The largest absolute Gasteiger partial charge is 0.478 e. The fourth-order valence-electron chi connectivity index (χ4n) is 1.34. The number of hydrogen-bond donors (Lipinski definition) is 2. The van der Waals surface area contributed by atoms with Gasteiger partial charge in [-0.25, -0.2) is 4.79 Å². The van der Waals surface area contributed by atoms with Crippen LogP contribution in [0.25, 0.3) is 0 Å². The van der Waals surface area contributed by atoms with Crippen molar-refractivity contribution >= 4 is 5.97 Å². The molecule has 0 saturated carbocycles. The molecule has 4 heteroatoms. The number of nitrogens with two attached hydrogens (primary N) is 1. The molecule has 0 bridgehead atoms. The summed E-state index contributed by atoms with van der Waals surface area (Å²) in [6.45, 7) is 4.02. The van der Waals surface area contributed by atoms with Crippen LogP contribution in [0.3, 0.4) is 0 Å². The Bertz CT molecular complexity index is 361. The molecule has 0 radical (unpaired) electrons. The second kappa shape index (κ2) is 4.42. The van der Waals surface area contributed by atoms with E-state index >= 15 is 0 Å². The summed E-state index contributed by atoms with van der Waals surface area (Å²) in [7, 11) is 0. The van der Waals surface area contributed by atoms with Crippen LogP contribution in [0.5, 0.6) is 0 Å². The molecule has 1 rings (SSSR count). The molecule has 15 heavy (non-hydrogen) atoms. The number of carbonyl (C=O) groups is 1. The molecule has 4 nitrogen and oxygen atoms in total. The second-order valence-corrected chi connectivity index (χ2v) is 3.43. The van der Waals surface area contributed by atoms with Crippen LogP contribution in [0.1, 0.15) is 29.8 Å². The number of rotatable bonds is 4. The first-order chi connectivity index (χ1) is 6.97. The fraction of sp³-hybridized carbons (Fsp3) is 0.364. The summed E-state index contributed by atoms with van der Waals surface area (Å²) >= 11 is 0. The molecule has 1 unspecified atom stereocenters. The Kier molecular flexibility index (Phi) is 3.44. The van der Waals surface area contributed by atoms with Gasteiger partial charge in [-0.1, -0.05) is 12.1 Å². The zero-order chi connectivity index (χ0) is 11.5. The Hall–Kier alpha value is -1.39. The molecule has 0 saturated heterocycles. The Morgan fingerprint density at radius 2 is 2.27 bits per heavy atom. The molecule has 0 aliphatic rings. The van der Waals surface area contributed by atoms with E-state index in [4.69, 9.17) is 15.6 Å². The van der Waals surface area contributed by atoms with Crippen molar-refractivity contribution < 1.29 is 14.6 Å². The molecule has 0 aromatic heterocycles. The summed E-state index contributed by atoms with van der Waals surface area (Å²) in [6, 6.07) is 6.46. The van der Waals surface area contributed by atoms with Crippen molar-refractivity contribution in [3.8, 4) is 0 Å². The van der Waals surface area contributed by atoms with E-state index in [1.807, 2.05) is 6.92 Å².